The molecule has 0 aromatic heterocycles. The van der Waals surface area contributed by atoms with Crippen LogP contribution in [0.2, 0.25) is 0 Å². The summed E-state index contributed by atoms with van der Waals surface area (Å²) in [6.45, 7) is 2.84. The first-order chi connectivity index (χ1) is 4.88. The van der Waals surface area contributed by atoms with Crippen LogP contribution in [0.5, 0.6) is 0 Å². The molecule has 1 heterocycles. The quantitative estimate of drug-likeness (QED) is 0.672. The van der Waals surface area contributed by atoms with Crippen LogP contribution in [0, 0.1) is 6.08 Å². The smallest absolute Gasteiger partial charge is 0.0676 e. The molecule has 0 aromatic rings. The van der Waals surface area contributed by atoms with Crippen LogP contribution in [0.15, 0.2) is 10.6 Å². The van der Waals surface area contributed by atoms with E-state index in [0.29, 0.717) is 0 Å². The van der Waals surface area contributed by atoms with Crippen LogP contribution in [0.1, 0.15) is 19.8 Å². The van der Waals surface area contributed by atoms with Crippen molar-refractivity contribution in [2.45, 2.75) is 19.8 Å². The van der Waals surface area contributed by atoms with E-state index >= 15 is 0 Å². The van der Waals surface area contributed by atoms with E-state index in [2.05, 4.69) is 18.0 Å². The van der Waals surface area contributed by atoms with Gasteiger partial charge in [-0.3, -0.25) is 6.08 Å². The number of hydrogen-bond donors (Lipinski definition) is 0. The Morgan fingerprint density at radius 3 is 2.91 bits per heavy atom. The molecule has 11 heavy (non-hydrogen) atoms. The standard InChI is InChI=1S/C8H12NO.W/c1-3-4-7-5-6-10-8(7)9-2;/h3,5-6H2,1-2H3;/q-1;. The van der Waals surface area contributed by atoms with Gasteiger partial charge in [-0.1, -0.05) is 6.92 Å². The molecule has 0 radical (unpaired) electrons. The first kappa shape index (κ1) is 10.9. The number of allylic oxidation sites excluding steroid dienone is 1. The predicted octanol–water partition coefficient (Wildman–Crippen LogP) is 1.57. The number of nitrogens with zero attached hydrogens (tertiary/aromatic N) is 1. The number of ether oxygens (including phenoxy) is 1. The van der Waals surface area contributed by atoms with Gasteiger partial charge in [-0.05, 0) is 6.42 Å². The third kappa shape index (κ3) is 2.78. The van der Waals surface area contributed by atoms with Crippen molar-refractivity contribution in [2.24, 2.45) is 4.99 Å². The van der Waals surface area contributed by atoms with Crippen LogP contribution < -0.4 is 0 Å². The Labute approximate surface area is 82.0 Å². The van der Waals surface area contributed by atoms with Gasteiger partial charge in [-0.15, -0.1) is 6.42 Å². The van der Waals surface area contributed by atoms with E-state index in [1.165, 1.54) is 0 Å². The van der Waals surface area contributed by atoms with Gasteiger partial charge in [0.05, 0.1) is 12.5 Å². The predicted molar refractivity (Wildman–Crippen MR) is 41.0 cm³/mol. The molecule has 2 nitrogen and oxygen atoms in total. The summed E-state index contributed by atoms with van der Waals surface area (Å²) in [7, 11) is 1.75. The molecule has 0 aliphatic carbocycles. The fourth-order valence-electron chi connectivity index (χ4n) is 1.02. The first-order valence-electron chi connectivity index (χ1n) is 3.58. The van der Waals surface area contributed by atoms with Crippen LogP contribution in [0.4, 0.5) is 0 Å². The van der Waals surface area contributed by atoms with Crippen molar-refractivity contribution >= 4 is 5.90 Å². The third-order valence-corrected chi connectivity index (χ3v) is 1.44. The van der Waals surface area contributed by atoms with E-state index in [0.717, 1.165) is 30.9 Å². The van der Waals surface area contributed by atoms with E-state index in [-0.39, 0.29) is 21.1 Å². The van der Waals surface area contributed by atoms with Gasteiger partial charge < -0.3 is 9.73 Å². The van der Waals surface area contributed by atoms with E-state index in [1.54, 1.807) is 7.05 Å². The van der Waals surface area contributed by atoms with Gasteiger partial charge >= 0.3 is 0 Å². The van der Waals surface area contributed by atoms with Crippen LogP contribution in [0.25, 0.3) is 0 Å². The van der Waals surface area contributed by atoms with E-state index in [9.17, 15) is 0 Å². The molecule has 0 saturated carbocycles. The van der Waals surface area contributed by atoms with E-state index in [1.807, 2.05) is 0 Å². The van der Waals surface area contributed by atoms with Crippen LogP contribution in [-0.4, -0.2) is 19.6 Å². The maximum absolute atomic E-state index is 5.22. The molecular weight excluding hydrogens is 310 g/mol. The molecule has 0 unspecified atom stereocenters. The molecule has 0 bridgehead atoms. The summed E-state index contributed by atoms with van der Waals surface area (Å²) in [5.41, 5.74) is 1.14. The third-order valence-electron chi connectivity index (χ3n) is 1.44. The van der Waals surface area contributed by atoms with Crippen LogP contribution in [0.3, 0.4) is 0 Å². The van der Waals surface area contributed by atoms with Crippen molar-refractivity contribution in [1.82, 2.24) is 0 Å². The fraction of sp³-hybridized carbons (Fsp3) is 0.625. The summed E-state index contributed by atoms with van der Waals surface area (Å²) in [6, 6.07) is 0. The molecule has 3 heteroatoms. The maximum atomic E-state index is 5.22. The summed E-state index contributed by atoms with van der Waals surface area (Å²) in [5.74, 6) is 0.779. The van der Waals surface area contributed by atoms with Gasteiger partial charge in [0.1, 0.15) is 0 Å². The topological polar surface area (TPSA) is 21.6 Å². The minimum Gasteiger partial charge on any atom is -0.562 e. The van der Waals surface area contributed by atoms with Gasteiger partial charge in [-0.2, -0.15) is 5.57 Å². The Morgan fingerprint density at radius 1 is 1.64 bits per heavy atom. The van der Waals surface area contributed by atoms with Crippen molar-refractivity contribution in [3.8, 4) is 0 Å². The fourth-order valence-corrected chi connectivity index (χ4v) is 1.02. The van der Waals surface area contributed by atoms with Crippen molar-refractivity contribution in [3.05, 3.63) is 11.6 Å². The second-order valence-corrected chi connectivity index (χ2v) is 2.14. The summed E-state index contributed by atoms with van der Waals surface area (Å²) in [6.07, 6.45) is 5.12. The number of rotatable bonds is 1. The van der Waals surface area contributed by atoms with Gasteiger partial charge in [0.15, 0.2) is 0 Å². The molecule has 1 rings (SSSR count). The monoisotopic (exact) mass is 322 g/mol. The molecule has 1 saturated heterocycles. The van der Waals surface area contributed by atoms with E-state index in [4.69, 9.17) is 4.74 Å². The Bertz CT molecular complexity index is 175. The molecule has 1 fully saturated rings. The average molecular weight is 322 g/mol. The second-order valence-electron chi connectivity index (χ2n) is 2.14. The SMILES string of the molecule is CC[C-]=C1CCOC1=NC.[W]. The molecule has 0 amide bonds. The normalized spacial score (nSPS) is 23.5. The molecule has 62 valence electrons. The second kappa shape index (κ2) is 5.54. The first-order valence-corrected chi connectivity index (χ1v) is 3.58. The minimum absolute atomic E-state index is 0. The van der Waals surface area contributed by atoms with Crippen molar-refractivity contribution < 1.29 is 25.8 Å². The maximum Gasteiger partial charge on any atom is 0.0676 e. The summed E-state index contributed by atoms with van der Waals surface area (Å²) in [4.78, 5) is 3.98. The molecule has 0 N–H and O–H groups in total. The zero-order valence-corrected chi connectivity index (χ0v) is 9.82. The Morgan fingerprint density at radius 2 is 2.36 bits per heavy atom. The zero-order valence-electron chi connectivity index (χ0n) is 6.89. The molecule has 1 aliphatic rings. The van der Waals surface area contributed by atoms with Crippen molar-refractivity contribution in [3.63, 3.8) is 0 Å². The van der Waals surface area contributed by atoms with Gasteiger partial charge in [0, 0.05) is 28.1 Å². The number of hydrogen-bond acceptors (Lipinski definition) is 2. The van der Waals surface area contributed by atoms with Gasteiger partial charge in [0.25, 0.3) is 0 Å². The van der Waals surface area contributed by atoms with Crippen LogP contribution in [-0.2, 0) is 25.8 Å². The largest absolute Gasteiger partial charge is 0.562 e. The summed E-state index contributed by atoms with van der Waals surface area (Å²) >= 11 is 0. The average Bonchev–Trinajstić information content (AvgIpc) is 2.36. The minimum atomic E-state index is 0. The Balaban J connectivity index is 0.000001000. The molecular formula is C8H12NOW-. The van der Waals surface area contributed by atoms with Gasteiger partial charge in [0.2, 0.25) is 0 Å². The van der Waals surface area contributed by atoms with Crippen LogP contribution >= 0.6 is 0 Å². The Hall–Kier alpha value is -0.102. The Kier molecular flexibility index (Phi) is 5.48. The van der Waals surface area contributed by atoms with Crippen molar-refractivity contribution in [1.29, 1.82) is 0 Å². The molecule has 0 spiro atoms. The molecule has 0 aromatic carbocycles. The summed E-state index contributed by atoms with van der Waals surface area (Å²) < 4.78 is 5.22. The zero-order chi connectivity index (χ0) is 7.40. The molecule has 0 atom stereocenters. The number of aliphatic imine (C=N–C) groups is 1. The van der Waals surface area contributed by atoms with Crippen molar-refractivity contribution in [2.75, 3.05) is 13.7 Å². The molecule has 1 aliphatic heterocycles. The summed E-state index contributed by atoms with van der Waals surface area (Å²) in [5, 5.41) is 0. The van der Waals surface area contributed by atoms with Gasteiger partial charge in [-0.25, -0.2) is 0 Å². The van der Waals surface area contributed by atoms with E-state index < -0.39 is 0 Å².